The minimum atomic E-state index is 0.00144. The number of ether oxygens (including phenoxy) is 1. The molecule has 64 heavy (non-hydrogen) atoms. The largest absolute Gasteiger partial charge is 0.457 e. The maximum atomic E-state index is 6.87. The summed E-state index contributed by atoms with van der Waals surface area (Å²) in [6.07, 6.45) is 6.97. The van der Waals surface area contributed by atoms with Crippen molar-refractivity contribution in [1.29, 1.82) is 0 Å². The third-order valence-electron chi connectivity index (χ3n) is 12.1. The smallest absolute Gasteiger partial charge is 0.138 e. The average Bonchev–Trinajstić information content (AvgIpc) is 3.92. The van der Waals surface area contributed by atoms with Gasteiger partial charge in [0, 0.05) is 40.9 Å². The Kier molecular flexibility index (Phi) is 10.6. The molecule has 0 amide bonds. The summed E-state index contributed by atoms with van der Waals surface area (Å²) in [5.41, 5.74) is 16.1. The molecule has 0 aliphatic carbocycles. The molecule has 0 aliphatic rings. The predicted molar refractivity (Wildman–Crippen MR) is 266 cm³/mol. The van der Waals surface area contributed by atoms with Crippen molar-refractivity contribution in [1.82, 2.24) is 19.3 Å². The van der Waals surface area contributed by atoms with Crippen molar-refractivity contribution >= 4 is 21.8 Å². The second-order valence-electron chi connectivity index (χ2n) is 18.4. The second kappa shape index (κ2) is 16.7. The van der Waals surface area contributed by atoms with Crippen LogP contribution in [0.1, 0.15) is 51.3 Å². The van der Waals surface area contributed by atoms with E-state index in [1.165, 1.54) is 50.1 Å². The lowest BCUT2D eigenvalue weighted by Gasteiger charge is -2.22. The van der Waals surface area contributed by atoms with Crippen molar-refractivity contribution < 1.29 is 4.74 Å². The van der Waals surface area contributed by atoms with Crippen LogP contribution in [0.5, 0.6) is 11.5 Å². The third kappa shape index (κ3) is 7.90. The van der Waals surface area contributed by atoms with Gasteiger partial charge in [-0.15, -0.1) is 0 Å². The molecule has 5 nitrogen and oxygen atoms in total. The van der Waals surface area contributed by atoms with Crippen LogP contribution in [0.4, 0.5) is 0 Å². The fourth-order valence-corrected chi connectivity index (χ4v) is 9.30. The van der Waals surface area contributed by atoms with Gasteiger partial charge in [-0.25, -0.2) is 9.67 Å². The van der Waals surface area contributed by atoms with E-state index in [9.17, 15) is 0 Å². The van der Waals surface area contributed by atoms with Crippen LogP contribution in [0, 0.1) is 12.8 Å². The van der Waals surface area contributed by atoms with E-state index in [0.717, 1.165) is 62.4 Å². The van der Waals surface area contributed by atoms with Gasteiger partial charge >= 0.3 is 0 Å². The molecule has 3 aromatic heterocycles. The zero-order chi connectivity index (χ0) is 44.0. The number of aryl methyl sites for hydroxylation is 1. The van der Waals surface area contributed by atoms with E-state index in [4.69, 9.17) is 14.8 Å². The number of para-hydroxylation sites is 1. The molecule has 10 rings (SSSR count). The van der Waals surface area contributed by atoms with Crippen LogP contribution in [0.3, 0.4) is 0 Å². The summed E-state index contributed by atoms with van der Waals surface area (Å²) in [5.74, 6) is 2.82. The van der Waals surface area contributed by atoms with E-state index in [1.807, 2.05) is 17.1 Å². The van der Waals surface area contributed by atoms with Crippen molar-refractivity contribution in [3.8, 4) is 67.5 Å². The molecule has 0 bridgehead atoms. The molecule has 0 saturated heterocycles. The minimum absolute atomic E-state index is 0.00144. The van der Waals surface area contributed by atoms with E-state index in [-0.39, 0.29) is 5.41 Å². The topological polar surface area (TPSA) is 44.9 Å². The second-order valence-corrected chi connectivity index (χ2v) is 18.4. The summed E-state index contributed by atoms with van der Waals surface area (Å²) in [6.45, 7) is 13.5. The lowest BCUT2D eigenvalue weighted by atomic mass is 9.82. The molecule has 7 aromatic carbocycles. The molecule has 0 N–H and O–H groups in total. The molecule has 0 unspecified atom stereocenters. The normalized spacial score (nSPS) is 11.8. The van der Waals surface area contributed by atoms with Gasteiger partial charge in [0.2, 0.25) is 0 Å². The fraction of sp³-hybridized carbons (Fsp3) is 0.153. The van der Waals surface area contributed by atoms with Crippen LogP contribution in [0.15, 0.2) is 188 Å². The van der Waals surface area contributed by atoms with Crippen LogP contribution >= 0.6 is 0 Å². The van der Waals surface area contributed by atoms with Crippen molar-refractivity contribution in [2.24, 2.45) is 5.92 Å². The zero-order valence-corrected chi connectivity index (χ0v) is 37.4. The highest BCUT2D eigenvalue weighted by Gasteiger charge is 2.21. The first-order chi connectivity index (χ1) is 31.1. The SMILES string of the molecule is Cc1cc(-c2ccccc2)c(-c2ccnc(-n3c4ccccc4c4ccc(Oc5cc(CC(C)C)cc(-n6cc(-c7ccccc7C(C)(C)C)cn6)c5)cc43)c2)c(-c2ccccc2)c1. The summed E-state index contributed by atoms with van der Waals surface area (Å²) in [6, 6.07) is 60.5. The highest BCUT2D eigenvalue weighted by atomic mass is 16.5. The Morgan fingerprint density at radius 1 is 0.578 bits per heavy atom. The number of hydrogen-bond donors (Lipinski definition) is 0. The average molecular weight is 833 g/mol. The van der Waals surface area contributed by atoms with Crippen LogP contribution < -0.4 is 4.74 Å². The number of hydrogen-bond acceptors (Lipinski definition) is 3. The van der Waals surface area contributed by atoms with E-state index in [0.29, 0.717) is 5.92 Å². The predicted octanol–water partition coefficient (Wildman–Crippen LogP) is 15.6. The van der Waals surface area contributed by atoms with Crippen LogP contribution in [0.25, 0.3) is 77.8 Å². The van der Waals surface area contributed by atoms with Gasteiger partial charge in [-0.05, 0) is 123 Å². The summed E-state index contributed by atoms with van der Waals surface area (Å²) in [4.78, 5) is 5.08. The molecule has 0 fully saturated rings. The molecular weight excluding hydrogens is 781 g/mol. The van der Waals surface area contributed by atoms with Crippen molar-refractivity contribution in [3.63, 3.8) is 0 Å². The van der Waals surface area contributed by atoms with Crippen LogP contribution in [0.2, 0.25) is 0 Å². The van der Waals surface area contributed by atoms with Gasteiger partial charge in [0.1, 0.15) is 17.3 Å². The molecule has 0 saturated carbocycles. The lowest BCUT2D eigenvalue weighted by molar-refractivity contribution is 0.481. The van der Waals surface area contributed by atoms with Gasteiger partial charge in [-0.1, -0.05) is 150 Å². The Morgan fingerprint density at radius 2 is 1.25 bits per heavy atom. The quantitative estimate of drug-likeness (QED) is 0.138. The highest BCUT2D eigenvalue weighted by Crippen LogP contribution is 2.43. The molecule has 0 spiro atoms. The van der Waals surface area contributed by atoms with E-state index < -0.39 is 0 Å². The van der Waals surface area contributed by atoms with E-state index in [2.05, 4.69) is 222 Å². The maximum Gasteiger partial charge on any atom is 0.138 e. The number of nitrogens with zero attached hydrogens (tertiary/aromatic N) is 4. The van der Waals surface area contributed by atoms with Crippen LogP contribution in [-0.4, -0.2) is 19.3 Å². The van der Waals surface area contributed by atoms with Gasteiger partial charge in [0.15, 0.2) is 0 Å². The number of fused-ring (bicyclic) bond motifs is 3. The van der Waals surface area contributed by atoms with Crippen LogP contribution in [-0.2, 0) is 11.8 Å². The first kappa shape index (κ1) is 40.6. The molecular formula is C59H52N4O. The number of rotatable bonds is 10. The lowest BCUT2D eigenvalue weighted by Crippen LogP contribution is -2.12. The van der Waals surface area contributed by atoms with Crippen molar-refractivity contribution in [3.05, 3.63) is 205 Å². The third-order valence-corrected chi connectivity index (χ3v) is 12.1. The number of pyridine rings is 1. The highest BCUT2D eigenvalue weighted by molar-refractivity contribution is 6.09. The minimum Gasteiger partial charge on any atom is -0.457 e. The van der Waals surface area contributed by atoms with E-state index >= 15 is 0 Å². The number of benzene rings is 7. The summed E-state index contributed by atoms with van der Waals surface area (Å²) in [7, 11) is 0. The monoisotopic (exact) mass is 832 g/mol. The molecule has 0 aliphatic heterocycles. The maximum absolute atomic E-state index is 6.87. The van der Waals surface area contributed by atoms with Gasteiger partial charge in [-0.3, -0.25) is 4.57 Å². The molecule has 10 aromatic rings. The molecule has 3 heterocycles. The van der Waals surface area contributed by atoms with Gasteiger partial charge < -0.3 is 4.74 Å². The molecule has 314 valence electrons. The molecule has 0 atom stereocenters. The fourth-order valence-electron chi connectivity index (χ4n) is 9.30. The van der Waals surface area contributed by atoms with E-state index in [1.54, 1.807) is 0 Å². The Hall–Kier alpha value is -7.50. The van der Waals surface area contributed by atoms with Gasteiger partial charge in [0.05, 0.1) is 22.9 Å². The van der Waals surface area contributed by atoms with Gasteiger partial charge in [0.25, 0.3) is 0 Å². The van der Waals surface area contributed by atoms with Crippen molar-refractivity contribution in [2.45, 2.75) is 53.4 Å². The Bertz CT molecular complexity index is 3230. The van der Waals surface area contributed by atoms with Crippen molar-refractivity contribution in [2.75, 3.05) is 0 Å². The molecule has 0 radical (unpaired) electrons. The standard InChI is InChI=1S/C59H52N4O/c1-39(2)29-41-32-46(62-38-45(37-61-62)49-21-13-15-23-54(49)59(4,5)6)35-48(33-41)64-47-25-26-51-50-22-14-16-24-55(50)63(56(51)36-47)57-34-44(27-28-60-57)58-52(42-17-9-7-10-18-42)30-40(3)31-53(58)43-19-11-8-12-20-43/h7-28,30-39H,29H2,1-6H3. The Labute approximate surface area is 376 Å². The zero-order valence-electron chi connectivity index (χ0n) is 37.4. The molecule has 5 heteroatoms. The summed E-state index contributed by atoms with van der Waals surface area (Å²) >= 11 is 0. The Balaban J connectivity index is 1.08. The van der Waals surface area contributed by atoms with Gasteiger partial charge in [-0.2, -0.15) is 5.10 Å². The number of aromatic nitrogens is 4. The summed E-state index contributed by atoms with van der Waals surface area (Å²) in [5, 5.41) is 7.19. The Morgan fingerprint density at radius 3 is 1.97 bits per heavy atom. The first-order valence-corrected chi connectivity index (χ1v) is 22.3. The first-order valence-electron chi connectivity index (χ1n) is 22.3. The summed E-state index contributed by atoms with van der Waals surface area (Å²) < 4.78 is 11.1.